The van der Waals surface area contributed by atoms with E-state index in [-0.39, 0.29) is 40.6 Å². The van der Waals surface area contributed by atoms with Gasteiger partial charge >= 0.3 is 0 Å². The summed E-state index contributed by atoms with van der Waals surface area (Å²) in [6, 6.07) is 4.03. The van der Waals surface area contributed by atoms with Crippen LogP contribution in [0.25, 0.3) is 0 Å². The van der Waals surface area contributed by atoms with Crippen LogP contribution in [0.4, 0.5) is 17.1 Å². The van der Waals surface area contributed by atoms with Crippen LogP contribution in [0.1, 0.15) is 46.0 Å². The largest absolute Gasteiger partial charge is 0.357 e. The third kappa shape index (κ3) is 3.41. The van der Waals surface area contributed by atoms with Crippen LogP contribution in [-0.2, 0) is 9.59 Å². The number of amides is 1. The maximum absolute atomic E-state index is 13.3. The van der Waals surface area contributed by atoms with Gasteiger partial charge in [-0.25, -0.2) is 0 Å². The number of hydrogen-bond donors (Lipinski definition) is 1. The standard InChI is InChI=1S/C21H24ClN3O4/c1-21(2)9-15-19(17(26)10-21)20(12-4-3-5-12)24(18(27)11-22)16-7-6-13(25(28)29)8-14(16)23-15/h6-8,12,20,23H,3-5,9-11H2,1-2H3. The summed E-state index contributed by atoms with van der Waals surface area (Å²) < 4.78 is 0. The lowest BCUT2D eigenvalue weighted by atomic mass is 9.69. The van der Waals surface area contributed by atoms with Crippen molar-refractivity contribution >= 4 is 40.4 Å². The molecule has 1 unspecified atom stereocenters. The zero-order valence-electron chi connectivity index (χ0n) is 16.5. The van der Waals surface area contributed by atoms with E-state index in [2.05, 4.69) is 5.32 Å². The molecule has 1 heterocycles. The van der Waals surface area contributed by atoms with Crippen molar-refractivity contribution in [1.29, 1.82) is 0 Å². The SMILES string of the molecule is CC1(C)CC(=O)C2=C(C1)Nc1cc([N+](=O)[O-])ccc1N(C(=O)CCl)C2C1CCC1. The number of carbonyl (C=O) groups is 2. The van der Waals surface area contributed by atoms with Gasteiger partial charge < -0.3 is 10.2 Å². The number of benzene rings is 1. The summed E-state index contributed by atoms with van der Waals surface area (Å²) in [5, 5.41) is 14.6. The normalized spacial score (nSPS) is 23.5. The molecule has 1 aromatic carbocycles. The molecule has 4 rings (SSSR count). The predicted octanol–water partition coefficient (Wildman–Crippen LogP) is 4.40. The highest BCUT2D eigenvalue weighted by Gasteiger charge is 2.46. The highest BCUT2D eigenvalue weighted by atomic mass is 35.5. The van der Waals surface area contributed by atoms with Crippen LogP contribution in [0.5, 0.6) is 0 Å². The quantitative estimate of drug-likeness (QED) is 0.447. The molecule has 0 saturated heterocycles. The Hall–Kier alpha value is -2.41. The molecule has 1 amide bonds. The fraction of sp³-hybridized carbons (Fsp3) is 0.524. The number of nitrogens with zero attached hydrogens (tertiary/aromatic N) is 2. The van der Waals surface area contributed by atoms with E-state index in [1.807, 2.05) is 13.8 Å². The fourth-order valence-electron chi connectivity index (χ4n) is 4.73. The Labute approximate surface area is 174 Å². The lowest BCUT2D eigenvalue weighted by molar-refractivity contribution is -0.384. The lowest BCUT2D eigenvalue weighted by Crippen LogP contribution is -2.50. The molecule has 154 valence electrons. The number of carbonyl (C=O) groups excluding carboxylic acids is 2. The van der Waals surface area contributed by atoms with Crippen molar-refractivity contribution in [3.63, 3.8) is 0 Å². The van der Waals surface area contributed by atoms with E-state index in [1.165, 1.54) is 12.1 Å². The Balaban J connectivity index is 1.95. The first-order chi connectivity index (χ1) is 13.7. The molecule has 1 atom stereocenters. The molecule has 1 aromatic rings. The van der Waals surface area contributed by atoms with Gasteiger partial charge in [0.15, 0.2) is 5.78 Å². The first-order valence-corrected chi connectivity index (χ1v) is 10.4. The maximum atomic E-state index is 13.3. The Morgan fingerprint density at radius 2 is 2.07 bits per heavy atom. The third-order valence-corrected chi connectivity index (χ3v) is 6.44. The zero-order chi connectivity index (χ0) is 20.9. The molecular formula is C21H24ClN3O4. The van der Waals surface area contributed by atoms with Gasteiger partial charge in [0.1, 0.15) is 5.88 Å². The summed E-state index contributed by atoms with van der Waals surface area (Å²) in [5.74, 6) is -0.301. The number of nitro benzene ring substituents is 1. The fourth-order valence-corrected chi connectivity index (χ4v) is 4.86. The second kappa shape index (κ2) is 7.13. The van der Waals surface area contributed by atoms with Crippen molar-refractivity contribution in [3.8, 4) is 0 Å². The van der Waals surface area contributed by atoms with Crippen LogP contribution in [0, 0.1) is 21.4 Å². The van der Waals surface area contributed by atoms with Crippen molar-refractivity contribution < 1.29 is 14.5 Å². The topological polar surface area (TPSA) is 92.5 Å². The number of rotatable bonds is 3. The molecular weight excluding hydrogens is 394 g/mol. The number of Topliss-reactive ketones (excluding diaryl/α,β-unsaturated/α-hetero) is 1. The van der Waals surface area contributed by atoms with Crippen molar-refractivity contribution in [2.75, 3.05) is 16.1 Å². The van der Waals surface area contributed by atoms with E-state index in [9.17, 15) is 19.7 Å². The van der Waals surface area contributed by atoms with Crippen LogP contribution >= 0.6 is 11.6 Å². The number of nitrogens with one attached hydrogen (secondary N) is 1. The Morgan fingerprint density at radius 3 is 2.66 bits per heavy atom. The van der Waals surface area contributed by atoms with E-state index in [4.69, 9.17) is 11.6 Å². The van der Waals surface area contributed by atoms with Crippen molar-refractivity contribution in [2.45, 2.75) is 52.0 Å². The summed E-state index contributed by atoms with van der Waals surface area (Å²) in [5.41, 5.74) is 2.14. The van der Waals surface area contributed by atoms with Gasteiger partial charge in [0.25, 0.3) is 5.69 Å². The highest BCUT2D eigenvalue weighted by Crippen LogP contribution is 2.48. The van der Waals surface area contributed by atoms with Gasteiger partial charge in [-0.3, -0.25) is 19.7 Å². The molecule has 0 radical (unpaired) electrons. The van der Waals surface area contributed by atoms with Crippen LogP contribution in [0.2, 0.25) is 0 Å². The second-order valence-electron chi connectivity index (χ2n) is 8.95. The summed E-state index contributed by atoms with van der Waals surface area (Å²) in [7, 11) is 0. The molecule has 3 aliphatic rings. The monoisotopic (exact) mass is 417 g/mol. The smallest absolute Gasteiger partial charge is 0.271 e. The molecule has 1 N–H and O–H groups in total. The van der Waals surface area contributed by atoms with Gasteiger partial charge in [0, 0.05) is 29.8 Å². The summed E-state index contributed by atoms with van der Waals surface area (Å²) >= 11 is 5.95. The maximum Gasteiger partial charge on any atom is 0.271 e. The van der Waals surface area contributed by atoms with E-state index in [0.29, 0.717) is 29.8 Å². The summed E-state index contributed by atoms with van der Waals surface area (Å²) in [6.07, 6.45) is 3.99. The predicted molar refractivity (Wildman–Crippen MR) is 111 cm³/mol. The number of ketones is 1. The number of alkyl halides is 1. The van der Waals surface area contributed by atoms with Crippen molar-refractivity contribution in [2.24, 2.45) is 11.3 Å². The summed E-state index contributed by atoms with van der Waals surface area (Å²) in [6.45, 7) is 4.07. The van der Waals surface area contributed by atoms with Crippen LogP contribution in [0.15, 0.2) is 29.5 Å². The third-order valence-electron chi connectivity index (χ3n) is 6.21. The first-order valence-electron chi connectivity index (χ1n) is 9.91. The molecule has 1 saturated carbocycles. The molecule has 0 spiro atoms. The number of non-ortho nitro benzene ring substituents is 1. The Bertz CT molecular complexity index is 936. The molecule has 29 heavy (non-hydrogen) atoms. The van der Waals surface area contributed by atoms with Crippen LogP contribution < -0.4 is 10.2 Å². The number of anilines is 2. The van der Waals surface area contributed by atoms with Crippen LogP contribution in [0.3, 0.4) is 0 Å². The van der Waals surface area contributed by atoms with E-state index in [1.54, 1.807) is 11.0 Å². The van der Waals surface area contributed by atoms with Gasteiger partial charge in [-0.05, 0) is 36.7 Å². The van der Waals surface area contributed by atoms with E-state index in [0.717, 1.165) is 25.0 Å². The number of halogens is 1. The number of hydrogen-bond acceptors (Lipinski definition) is 5. The van der Waals surface area contributed by atoms with Crippen molar-refractivity contribution in [1.82, 2.24) is 0 Å². The molecule has 0 aromatic heterocycles. The van der Waals surface area contributed by atoms with Crippen LogP contribution in [-0.4, -0.2) is 28.5 Å². The van der Waals surface area contributed by atoms with E-state index >= 15 is 0 Å². The number of nitro groups is 1. The van der Waals surface area contributed by atoms with E-state index < -0.39 is 4.92 Å². The minimum Gasteiger partial charge on any atom is -0.357 e. The minimum absolute atomic E-state index is 0.0373. The highest BCUT2D eigenvalue weighted by molar-refractivity contribution is 6.30. The number of allylic oxidation sites excluding steroid dienone is 1. The molecule has 1 aliphatic heterocycles. The average Bonchev–Trinajstić information content (AvgIpc) is 2.72. The second-order valence-corrected chi connectivity index (χ2v) is 9.22. The van der Waals surface area contributed by atoms with Gasteiger partial charge in [0.2, 0.25) is 5.91 Å². The van der Waals surface area contributed by atoms with Gasteiger partial charge in [-0.1, -0.05) is 20.3 Å². The number of fused-ring (bicyclic) bond motifs is 1. The Morgan fingerprint density at radius 1 is 1.34 bits per heavy atom. The zero-order valence-corrected chi connectivity index (χ0v) is 17.3. The lowest BCUT2D eigenvalue weighted by Gasteiger charge is -2.43. The summed E-state index contributed by atoms with van der Waals surface area (Å²) in [4.78, 5) is 38.7. The first kappa shape index (κ1) is 19.9. The van der Waals surface area contributed by atoms with Gasteiger partial charge in [0.05, 0.1) is 22.3 Å². The van der Waals surface area contributed by atoms with Gasteiger partial charge in [-0.15, -0.1) is 11.6 Å². The molecule has 0 bridgehead atoms. The average molecular weight is 418 g/mol. The molecule has 2 aliphatic carbocycles. The molecule has 8 heteroatoms. The molecule has 7 nitrogen and oxygen atoms in total. The molecule has 1 fully saturated rings. The van der Waals surface area contributed by atoms with Gasteiger partial charge in [-0.2, -0.15) is 0 Å². The Kier molecular flexibility index (Phi) is 4.89. The van der Waals surface area contributed by atoms with Crippen molar-refractivity contribution in [3.05, 3.63) is 39.6 Å². The minimum atomic E-state index is -0.463.